The maximum atomic E-state index is 11.9. The summed E-state index contributed by atoms with van der Waals surface area (Å²) in [7, 11) is 4.66. The zero-order valence-corrected chi connectivity index (χ0v) is 18.6. The quantitative estimate of drug-likeness (QED) is 0.530. The SMILES string of the molecule is COC(=O)c1ccc([C@H]2Oc3c(OC)cccc3[C@@H]3CC(c4ccc(OC)cc4)=NN23)cc1. The van der Waals surface area contributed by atoms with E-state index >= 15 is 0 Å². The van der Waals surface area contributed by atoms with Crippen molar-refractivity contribution in [3.63, 3.8) is 0 Å². The summed E-state index contributed by atoms with van der Waals surface area (Å²) >= 11 is 0. The van der Waals surface area contributed by atoms with Gasteiger partial charge >= 0.3 is 5.97 Å². The summed E-state index contributed by atoms with van der Waals surface area (Å²) < 4.78 is 22.2. The van der Waals surface area contributed by atoms with Crippen molar-refractivity contribution in [3.8, 4) is 17.2 Å². The molecule has 33 heavy (non-hydrogen) atoms. The second-order valence-electron chi connectivity index (χ2n) is 7.84. The van der Waals surface area contributed by atoms with E-state index in [1.807, 2.05) is 53.5 Å². The number of ether oxygens (including phenoxy) is 4. The molecule has 0 unspecified atom stereocenters. The topological polar surface area (TPSA) is 69.6 Å². The number of nitrogens with zero attached hydrogens (tertiary/aromatic N) is 2. The smallest absolute Gasteiger partial charge is 0.337 e. The van der Waals surface area contributed by atoms with Gasteiger partial charge in [0.25, 0.3) is 0 Å². The van der Waals surface area contributed by atoms with Gasteiger partial charge in [0.2, 0.25) is 6.23 Å². The van der Waals surface area contributed by atoms with E-state index in [0.29, 0.717) is 11.3 Å². The summed E-state index contributed by atoms with van der Waals surface area (Å²) in [5, 5.41) is 6.97. The van der Waals surface area contributed by atoms with E-state index in [-0.39, 0.29) is 12.0 Å². The highest BCUT2D eigenvalue weighted by atomic mass is 16.5. The molecule has 0 aromatic heterocycles. The van der Waals surface area contributed by atoms with Crippen molar-refractivity contribution in [1.82, 2.24) is 5.01 Å². The van der Waals surface area contributed by atoms with E-state index in [0.717, 1.165) is 40.3 Å². The Labute approximate surface area is 192 Å². The van der Waals surface area contributed by atoms with Crippen LogP contribution in [0.2, 0.25) is 0 Å². The molecule has 2 heterocycles. The minimum Gasteiger partial charge on any atom is -0.497 e. The first-order valence-corrected chi connectivity index (χ1v) is 10.6. The van der Waals surface area contributed by atoms with Crippen LogP contribution in [0.25, 0.3) is 0 Å². The molecule has 0 N–H and O–H groups in total. The lowest BCUT2D eigenvalue weighted by atomic mass is 9.95. The van der Waals surface area contributed by atoms with E-state index in [1.54, 1.807) is 26.4 Å². The number of carbonyl (C=O) groups is 1. The number of hydrogen-bond donors (Lipinski definition) is 0. The monoisotopic (exact) mass is 444 g/mol. The molecule has 2 aliphatic rings. The lowest BCUT2D eigenvalue weighted by Crippen LogP contribution is -2.33. The molecule has 0 fully saturated rings. The van der Waals surface area contributed by atoms with Crippen molar-refractivity contribution >= 4 is 11.7 Å². The van der Waals surface area contributed by atoms with Crippen LogP contribution in [0, 0.1) is 0 Å². The largest absolute Gasteiger partial charge is 0.497 e. The molecule has 7 heteroatoms. The molecule has 2 aliphatic heterocycles. The Morgan fingerprint density at radius 1 is 0.970 bits per heavy atom. The standard InChI is InChI=1S/C26H24N2O5/c1-30-19-13-11-16(12-14-19)21-15-22-20-5-4-6-23(31-2)24(20)33-25(28(22)27-21)17-7-9-18(10-8-17)26(29)32-3/h4-14,22,25H,15H2,1-3H3/t22-,25+/m0/s1. The first-order valence-electron chi connectivity index (χ1n) is 10.6. The predicted octanol–water partition coefficient (Wildman–Crippen LogP) is 4.73. The van der Waals surface area contributed by atoms with Crippen LogP contribution in [0.5, 0.6) is 17.2 Å². The van der Waals surface area contributed by atoms with E-state index in [4.69, 9.17) is 24.0 Å². The summed E-state index contributed by atoms with van der Waals surface area (Å²) in [6, 6.07) is 21.0. The highest BCUT2D eigenvalue weighted by Crippen LogP contribution is 2.50. The predicted molar refractivity (Wildman–Crippen MR) is 123 cm³/mol. The summed E-state index contributed by atoms with van der Waals surface area (Å²) in [6.07, 6.45) is 0.258. The highest BCUT2D eigenvalue weighted by Gasteiger charge is 2.42. The Morgan fingerprint density at radius 2 is 1.73 bits per heavy atom. The molecule has 0 bridgehead atoms. The van der Waals surface area contributed by atoms with Crippen LogP contribution in [0.1, 0.15) is 45.7 Å². The second kappa shape index (κ2) is 8.50. The number of para-hydroxylation sites is 1. The molecule has 3 aromatic rings. The van der Waals surface area contributed by atoms with Crippen molar-refractivity contribution in [3.05, 3.63) is 89.0 Å². The van der Waals surface area contributed by atoms with Crippen molar-refractivity contribution in [2.75, 3.05) is 21.3 Å². The van der Waals surface area contributed by atoms with Crippen LogP contribution in [0.4, 0.5) is 0 Å². The van der Waals surface area contributed by atoms with Crippen molar-refractivity contribution in [2.45, 2.75) is 18.7 Å². The van der Waals surface area contributed by atoms with Crippen LogP contribution < -0.4 is 14.2 Å². The average molecular weight is 444 g/mol. The lowest BCUT2D eigenvalue weighted by Gasteiger charge is -2.38. The summed E-state index contributed by atoms with van der Waals surface area (Å²) in [5.74, 6) is 1.82. The van der Waals surface area contributed by atoms with Gasteiger partial charge < -0.3 is 18.9 Å². The van der Waals surface area contributed by atoms with E-state index in [1.165, 1.54) is 7.11 Å². The number of rotatable bonds is 5. The number of hydrogen-bond acceptors (Lipinski definition) is 7. The Morgan fingerprint density at radius 3 is 2.39 bits per heavy atom. The van der Waals surface area contributed by atoms with Gasteiger partial charge in [0.05, 0.1) is 38.6 Å². The van der Waals surface area contributed by atoms with E-state index in [2.05, 4.69) is 6.07 Å². The normalized spacial score (nSPS) is 18.5. The zero-order chi connectivity index (χ0) is 22.9. The van der Waals surface area contributed by atoms with Gasteiger partial charge in [-0.25, -0.2) is 9.80 Å². The van der Waals surface area contributed by atoms with Crippen molar-refractivity contribution < 1.29 is 23.7 Å². The first kappa shape index (κ1) is 20.9. The average Bonchev–Trinajstić information content (AvgIpc) is 3.33. The van der Waals surface area contributed by atoms with Crippen LogP contribution in [0.15, 0.2) is 71.8 Å². The Bertz CT molecular complexity index is 1200. The van der Waals surface area contributed by atoms with Crippen molar-refractivity contribution in [2.24, 2.45) is 5.10 Å². The van der Waals surface area contributed by atoms with Crippen LogP contribution in [-0.4, -0.2) is 38.0 Å². The maximum absolute atomic E-state index is 11.9. The minimum atomic E-state index is -0.471. The molecule has 7 nitrogen and oxygen atoms in total. The molecule has 0 saturated carbocycles. The van der Waals surface area contributed by atoms with Gasteiger partial charge in [-0.05, 0) is 48.0 Å². The molecule has 5 rings (SSSR count). The van der Waals surface area contributed by atoms with Crippen LogP contribution >= 0.6 is 0 Å². The highest BCUT2D eigenvalue weighted by molar-refractivity contribution is 6.02. The van der Waals surface area contributed by atoms with Gasteiger partial charge in [0, 0.05) is 17.5 Å². The third kappa shape index (κ3) is 3.65. The van der Waals surface area contributed by atoms with Crippen molar-refractivity contribution in [1.29, 1.82) is 0 Å². The summed E-state index contributed by atoms with van der Waals surface area (Å²) in [5.41, 5.74) is 4.40. The molecular weight excluding hydrogens is 420 g/mol. The second-order valence-corrected chi connectivity index (χ2v) is 7.84. The number of carbonyl (C=O) groups excluding carboxylic acids is 1. The molecule has 0 amide bonds. The van der Waals surface area contributed by atoms with Gasteiger partial charge in [-0.15, -0.1) is 0 Å². The first-order chi connectivity index (χ1) is 16.1. The van der Waals surface area contributed by atoms with Gasteiger partial charge in [0.15, 0.2) is 11.5 Å². The van der Waals surface area contributed by atoms with E-state index < -0.39 is 6.23 Å². The minimum absolute atomic E-state index is 0.00812. The van der Waals surface area contributed by atoms with Crippen LogP contribution in [-0.2, 0) is 4.74 Å². The molecule has 0 radical (unpaired) electrons. The number of hydrazone groups is 1. The van der Waals surface area contributed by atoms with Gasteiger partial charge in [-0.2, -0.15) is 5.10 Å². The third-order valence-corrected chi connectivity index (χ3v) is 6.04. The zero-order valence-electron chi connectivity index (χ0n) is 18.6. The Balaban J connectivity index is 1.56. The molecule has 3 aromatic carbocycles. The fraction of sp³-hybridized carbons (Fsp3) is 0.231. The number of fused-ring (bicyclic) bond motifs is 3. The van der Waals surface area contributed by atoms with Gasteiger partial charge in [-0.3, -0.25) is 0 Å². The fourth-order valence-electron chi connectivity index (χ4n) is 4.32. The van der Waals surface area contributed by atoms with E-state index in [9.17, 15) is 4.79 Å². The molecular formula is C26H24N2O5. The molecule has 0 spiro atoms. The molecule has 0 aliphatic carbocycles. The number of esters is 1. The molecule has 0 saturated heterocycles. The Hall–Kier alpha value is -4.00. The number of benzene rings is 3. The Kier molecular flexibility index (Phi) is 5.38. The fourth-order valence-corrected chi connectivity index (χ4v) is 4.32. The summed E-state index contributed by atoms with van der Waals surface area (Å²) in [4.78, 5) is 11.9. The lowest BCUT2D eigenvalue weighted by molar-refractivity contribution is -0.0209. The third-order valence-electron chi connectivity index (χ3n) is 6.04. The molecule has 168 valence electrons. The number of methoxy groups -OCH3 is 3. The van der Waals surface area contributed by atoms with Gasteiger partial charge in [-0.1, -0.05) is 24.3 Å². The van der Waals surface area contributed by atoms with Gasteiger partial charge in [0.1, 0.15) is 5.75 Å². The van der Waals surface area contributed by atoms with Crippen LogP contribution in [0.3, 0.4) is 0 Å². The maximum Gasteiger partial charge on any atom is 0.337 e. The molecule has 2 atom stereocenters. The summed E-state index contributed by atoms with van der Waals surface area (Å²) in [6.45, 7) is 0.